The van der Waals surface area contributed by atoms with Gasteiger partial charge in [-0.15, -0.1) is 0 Å². The Morgan fingerprint density at radius 3 is 0.893 bits per heavy atom. The zero-order valence-corrected chi connectivity index (χ0v) is 18.0. The predicted octanol–water partition coefficient (Wildman–Crippen LogP) is 6.16. The van der Waals surface area contributed by atoms with E-state index in [9.17, 15) is 4.79 Å². The molecule has 3 heteroatoms. The van der Waals surface area contributed by atoms with Crippen LogP contribution in [0, 0.1) is 0 Å². The van der Waals surface area contributed by atoms with Crippen molar-refractivity contribution in [2.24, 2.45) is 0 Å². The second kappa shape index (κ2) is 22.3. The summed E-state index contributed by atoms with van der Waals surface area (Å²) in [6.07, 6.45) is 0. The van der Waals surface area contributed by atoms with Gasteiger partial charge in [0, 0.05) is 39.6 Å². The van der Waals surface area contributed by atoms with Crippen molar-refractivity contribution < 1.29 is 14.3 Å². The van der Waals surface area contributed by atoms with E-state index < -0.39 is 0 Å². The summed E-state index contributed by atoms with van der Waals surface area (Å²) >= 11 is 0. The number of carbonyl (C=O) groups excluding carboxylic acids is 1. The molecule has 0 aromatic heterocycles. The molecule has 3 nitrogen and oxygen atoms in total. The first-order valence-electron chi connectivity index (χ1n) is 9.16. The van der Waals surface area contributed by atoms with Gasteiger partial charge in [-0.1, -0.05) is 111 Å². The van der Waals surface area contributed by atoms with Gasteiger partial charge in [-0.3, -0.25) is 4.79 Å². The molecule has 0 aliphatic rings. The van der Waals surface area contributed by atoms with Gasteiger partial charge in [0.2, 0.25) is 0 Å². The number of hydrogen-bond acceptors (Lipinski definition) is 3. The minimum Gasteiger partial charge on any atom is -0.388 e. The number of ketones is 1. The summed E-state index contributed by atoms with van der Waals surface area (Å²) in [6.45, 7) is 4.00. The number of benzene rings is 3. The molecule has 152 valence electrons. The van der Waals surface area contributed by atoms with E-state index in [-0.39, 0.29) is 5.78 Å². The van der Waals surface area contributed by atoms with Crippen LogP contribution in [0.2, 0.25) is 0 Å². The van der Waals surface area contributed by atoms with E-state index in [1.54, 1.807) is 28.4 Å². The van der Waals surface area contributed by atoms with E-state index in [0.29, 0.717) is 0 Å². The predicted molar refractivity (Wildman–Crippen MR) is 120 cm³/mol. The van der Waals surface area contributed by atoms with Gasteiger partial charge >= 0.3 is 0 Å². The number of methoxy groups -OCH3 is 2. The molecule has 0 spiro atoms. The fourth-order valence-corrected chi connectivity index (χ4v) is 1.73. The van der Waals surface area contributed by atoms with Crippen molar-refractivity contribution in [3.63, 3.8) is 0 Å². The highest BCUT2D eigenvalue weighted by Crippen LogP contribution is 2.08. The molecule has 0 amide bonds. The maximum absolute atomic E-state index is 11.8. The Balaban J connectivity index is 0. The summed E-state index contributed by atoms with van der Waals surface area (Å²) in [4.78, 5) is 11.8. The number of carbonyl (C=O) groups is 1. The summed E-state index contributed by atoms with van der Waals surface area (Å²) in [7, 11) is 6.50. The summed E-state index contributed by atoms with van der Waals surface area (Å²) in [5.41, 5.74) is 1.47. The number of ether oxygens (including phenoxy) is 2. The molecule has 0 saturated carbocycles. The normalized spacial score (nSPS) is 8.07. The Morgan fingerprint density at radius 1 is 0.500 bits per heavy atom. The molecule has 0 aliphatic heterocycles. The minimum atomic E-state index is 0.0752. The summed E-state index contributed by atoms with van der Waals surface area (Å²) in [5, 5.41) is 0. The first-order chi connectivity index (χ1) is 13.7. The van der Waals surface area contributed by atoms with Crippen molar-refractivity contribution in [1.29, 1.82) is 0 Å². The van der Waals surface area contributed by atoms with Crippen LogP contribution in [0.3, 0.4) is 0 Å². The molecule has 0 saturated heterocycles. The Labute approximate surface area is 171 Å². The second-order valence-electron chi connectivity index (χ2n) is 5.03. The van der Waals surface area contributed by atoms with Crippen LogP contribution in [0.1, 0.15) is 29.8 Å². The Bertz CT molecular complexity index is 583. The molecule has 3 rings (SSSR count). The molecule has 0 fully saturated rings. The molecule has 0 unspecified atom stereocenters. The van der Waals surface area contributed by atoms with Gasteiger partial charge < -0.3 is 9.47 Å². The van der Waals surface area contributed by atoms with Gasteiger partial charge in [-0.25, -0.2) is 0 Å². The molecular formula is C25H34O3. The van der Waals surface area contributed by atoms with Gasteiger partial charge in [-0.05, 0) is 0 Å². The molecule has 0 N–H and O–H groups in total. The molecule has 0 bridgehead atoms. The quantitative estimate of drug-likeness (QED) is 0.498. The molecule has 28 heavy (non-hydrogen) atoms. The van der Waals surface area contributed by atoms with Gasteiger partial charge in [-0.2, -0.15) is 0 Å². The van der Waals surface area contributed by atoms with Crippen LogP contribution in [-0.4, -0.2) is 34.2 Å². The monoisotopic (exact) mass is 382 g/mol. The highest BCUT2D eigenvalue weighted by Gasteiger charge is 2.06. The van der Waals surface area contributed by atoms with Crippen LogP contribution in [-0.2, 0) is 9.47 Å². The van der Waals surface area contributed by atoms with Crippen LogP contribution >= 0.6 is 0 Å². The van der Waals surface area contributed by atoms with Crippen LogP contribution in [0.4, 0.5) is 0 Å². The Hall–Kier alpha value is -2.75. The zero-order chi connectivity index (χ0) is 21.5. The molecule has 0 radical (unpaired) electrons. The van der Waals surface area contributed by atoms with E-state index in [2.05, 4.69) is 9.47 Å². The molecule has 3 aromatic rings. The lowest BCUT2D eigenvalue weighted by molar-refractivity contribution is 0.103. The van der Waals surface area contributed by atoms with Crippen LogP contribution < -0.4 is 0 Å². The van der Waals surface area contributed by atoms with Crippen LogP contribution in [0.25, 0.3) is 0 Å². The van der Waals surface area contributed by atoms with Gasteiger partial charge in [0.25, 0.3) is 0 Å². The summed E-state index contributed by atoms with van der Waals surface area (Å²) in [6, 6.07) is 30.6. The second-order valence-corrected chi connectivity index (χ2v) is 5.03. The van der Waals surface area contributed by atoms with E-state index in [4.69, 9.17) is 0 Å². The summed E-state index contributed by atoms with van der Waals surface area (Å²) < 4.78 is 8.50. The fraction of sp³-hybridized carbons (Fsp3) is 0.240. The van der Waals surface area contributed by atoms with E-state index in [1.807, 2.05) is 111 Å². The Kier molecular flexibility index (Phi) is 21.9. The fourth-order valence-electron chi connectivity index (χ4n) is 1.73. The lowest BCUT2D eigenvalue weighted by Gasteiger charge is -1.99. The highest BCUT2D eigenvalue weighted by atomic mass is 16.5. The molecule has 3 aromatic carbocycles. The van der Waals surface area contributed by atoms with Gasteiger partial charge in [0.15, 0.2) is 5.78 Å². The lowest BCUT2D eigenvalue weighted by Crippen LogP contribution is -1.99. The molecule has 0 heterocycles. The van der Waals surface area contributed by atoms with Crippen LogP contribution in [0.15, 0.2) is 97.1 Å². The van der Waals surface area contributed by atoms with Crippen molar-refractivity contribution in [3.05, 3.63) is 108 Å². The maximum atomic E-state index is 11.8. The van der Waals surface area contributed by atoms with E-state index >= 15 is 0 Å². The number of hydrogen-bond donors (Lipinski definition) is 0. The summed E-state index contributed by atoms with van der Waals surface area (Å²) in [5.74, 6) is 0.0752. The largest absolute Gasteiger partial charge is 0.388 e. The van der Waals surface area contributed by atoms with E-state index in [1.165, 1.54) is 0 Å². The average Bonchev–Trinajstić information content (AvgIpc) is 2.79. The average molecular weight is 383 g/mol. The number of rotatable bonds is 2. The van der Waals surface area contributed by atoms with Gasteiger partial charge in [0.1, 0.15) is 0 Å². The topological polar surface area (TPSA) is 35.5 Å². The SMILES string of the molecule is CC.COC.COC.O=C(c1ccccc1)c1ccccc1.c1ccccc1. The van der Waals surface area contributed by atoms with Crippen molar-refractivity contribution in [2.75, 3.05) is 28.4 Å². The lowest BCUT2D eigenvalue weighted by atomic mass is 10.0. The third-order valence-corrected chi connectivity index (χ3v) is 2.74. The maximum Gasteiger partial charge on any atom is 0.193 e. The van der Waals surface area contributed by atoms with Crippen molar-refractivity contribution >= 4 is 5.78 Å². The van der Waals surface area contributed by atoms with Gasteiger partial charge in [0.05, 0.1) is 0 Å². The van der Waals surface area contributed by atoms with Crippen LogP contribution in [0.5, 0.6) is 0 Å². The molecule has 0 aliphatic carbocycles. The minimum absolute atomic E-state index is 0.0752. The van der Waals surface area contributed by atoms with Crippen molar-refractivity contribution in [2.45, 2.75) is 13.8 Å². The molecular weight excluding hydrogens is 348 g/mol. The molecule has 0 atom stereocenters. The zero-order valence-electron chi connectivity index (χ0n) is 18.0. The van der Waals surface area contributed by atoms with Crippen molar-refractivity contribution in [3.8, 4) is 0 Å². The highest BCUT2D eigenvalue weighted by molar-refractivity contribution is 6.08. The van der Waals surface area contributed by atoms with Crippen molar-refractivity contribution in [1.82, 2.24) is 0 Å². The third kappa shape index (κ3) is 15.5. The first-order valence-corrected chi connectivity index (χ1v) is 9.16. The standard InChI is InChI=1S/C13H10O.C6H6.2C2H6O.C2H6/c14-13(11-7-3-1-4-8-11)12-9-5-2-6-10-12;1-2-4-6-5-3-1;2*1-3-2;1-2/h1-10H;1-6H;2*1-2H3;1-2H3. The smallest absolute Gasteiger partial charge is 0.193 e. The van der Waals surface area contributed by atoms with E-state index in [0.717, 1.165) is 11.1 Å². The first kappa shape index (κ1) is 27.5. The Morgan fingerprint density at radius 2 is 0.679 bits per heavy atom. The third-order valence-electron chi connectivity index (χ3n) is 2.74.